The zero-order chi connectivity index (χ0) is 21.4. The lowest BCUT2D eigenvalue weighted by molar-refractivity contribution is -0.129. The minimum Gasteiger partial charge on any atom is -0.493 e. The number of methoxy groups -OCH3 is 2. The molecule has 0 saturated heterocycles. The highest BCUT2D eigenvalue weighted by Crippen LogP contribution is 2.27. The Morgan fingerprint density at radius 1 is 0.931 bits per heavy atom. The van der Waals surface area contributed by atoms with Crippen LogP contribution in [0.2, 0.25) is 0 Å². The van der Waals surface area contributed by atoms with Gasteiger partial charge < -0.3 is 24.3 Å². The summed E-state index contributed by atoms with van der Waals surface area (Å²) in [5.41, 5.74) is 1.18. The van der Waals surface area contributed by atoms with Gasteiger partial charge in [0.25, 0.3) is 5.91 Å². The molecule has 0 aliphatic rings. The molecule has 7 heteroatoms. The second-order valence-electron chi connectivity index (χ2n) is 6.65. The van der Waals surface area contributed by atoms with Gasteiger partial charge in [-0.25, -0.2) is 4.79 Å². The fourth-order valence-corrected chi connectivity index (χ4v) is 2.55. The van der Waals surface area contributed by atoms with E-state index < -0.39 is 18.0 Å². The Kier molecular flexibility index (Phi) is 7.88. The van der Waals surface area contributed by atoms with Crippen molar-refractivity contribution in [1.82, 2.24) is 5.32 Å². The number of hydrogen-bond donors (Lipinski definition) is 1. The van der Waals surface area contributed by atoms with Crippen LogP contribution in [-0.4, -0.2) is 38.3 Å². The Hall–Kier alpha value is -3.22. The van der Waals surface area contributed by atoms with E-state index in [0.29, 0.717) is 22.8 Å². The Labute approximate surface area is 170 Å². The highest BCUT2D eigenvalue weighted by atomic mass is 16.5. The highest BCUT2D eigenvalue weighted by Gasteiger charge is 2.19. The molecule has 0 aliphatic carbocycles. The predicted molar refractivity (Wildman–Crippen MR) is 108 cm³/mol. The number of carbonyl (C=O) groups is 2. The lowest BCUT2D eigenvalue weighted by Crippen LogP contribution is -2.35. The van der Waals surface area contributed by atoms with Crippen LogP contribution in [0, 0.1) is 0 Å². The van der Waals surface area contributed by atoms with Crippen molar-refractivity contribution in [2.75, 3.05) is 14.2 Å². The van der Waals surface area contributed by atoms with E-state index in [1.165, 1.54) is 6.92 Å². The van der Waals surface area contributed by atoms with Gasteiger partial charge in [-0.05, 0) is 62.7 Å². The molecule has 0 radical (unpaired) electrons. The van der Waals surface area contributed by atoms with E-state index in [0.717, 1.165) is 5.56 Å². The molecular formula is C22H27NO6. The van der Waals surface area contributed by atoms with Gasteiger partial charge in [0, 0.05) is 6.54 Å². The van der Waals surface area contributed by atoms with Crippen LogP contribution in [0.5, 0.6) is 17.2 Å². The molecule has 7 nitrogen and oxygen atoms in total. The zero-order valence-electron chi connectivity index (χ0n) is 17.4. The molecule has 0 saturated carbocycles. The molecule has 0 aliphatic heterocycles. The fourth-order valence-electron chi connectivity index (χ4n) is 2.55. The van der Waals surface area contributed by atoms with Crippen molar-refractivity contribution < 1.29 is 28.5 Å². The van der Waals surface area contributed by atoms with E-state index in [1.807, 2.05) is 19.9 Å². The minimum atomic E-state index is -0.936. The third-order valence-electron chi connectivity index (χ3n) is 4.03. The van der Waals surface area contributed by atoms with E-state index in [2.05, 4.69) is 5.32 Å². The molecule has 29 heavy (non-hydrogen) atoms. The average molecular weight is 401 g/mol. The Bertz CT molecular complexity index is 832. The number of rotatable bonds is 9. The summed E-state index contributed by atoms with van der Waals surface area (Å²) < 4.78 is 21.2. The van der Waals surface area contributed by atoms with Crippen molar-refractivity contribution in [3.8, 4) is 17.2 Å². The summed E-state index contributed by atoms with van der Waals surface area (Å²) in [7, 11) is 3.10. The number of esters is 1. The molecule has 0 bridgehead atoms. The third-order valence-corrected chi connectivity index (χ3v) is 4.03. The summed E-state index contributed by atoms with van der Waals surface area (Å²) in [6.45, 7) is 5.63. The van der Waals surface area contributed by atoms with Crippen molar-refractivity contribution in [3.63, 3.8) is 0 Å². The summed E-state index contributed by atoms with van der Waals surface area (Å²) in [5, 5.41) is 2.74. The maximum absolute atomic E-state index is 12.3. The van der Waals surface area contributed by atoms with Crippen molar-refractivity contribution in [2.45, 2.75) is 39.5 Å². The van der Waals surface area contributed by atoms with Crippen LogP contribution < -0.4 is 19.5 Å². The first kappa shape index (κ1) is 22.1. The molecule has 0 heterocycles. The van der Waals surface area contributed by atoms with Gasteiger partial charge in [0.05, 0.1) is 25.9 Å². The summed E-state index contributed by atoms with van der Waals surface area (Å²) in [4.78, 5) is 24.5. The molecule has 0 spiro atoms. The van der Waals surface area contributed by atoms with Crippen LogP contribution in [0.3, 0.4) is 0 Å². The van der Waals surface area contributed by atoms with Crippen LogP contribution >= 0.6 is 0 Å². The molecular weight excluding hydrogens is 374 g/mol. The molecule has 0 unspecified atom stereocenters. The SMILES string of the molecule is COc1ccc(CNC(=O)[C@H](C)OC(=O)c2ccc(OC(C)C)cc2)cc1OC. The van der Waals surface area contributed by atoms with Crippen molar-refractivity contribution in [1.29, 1.82) is 0 Å². The van der Waals surface area contributed by atoms with Gasteiger partial charge in [0.1, 0.15) is 5.75 Å². The number of nitrogens with one attached hydrogen (secondary N) is 1. The van der Waals surface area contributed by atoms with E-state index in [-0.39, 0.29) is 12.6 Å². The van der Waals surface area contributed by atoms with Crippen molar-refractivity contribution in [3.05, 3.63) is 53.6 Å². The van der Waals surface area contributed by atoms with Crippen LogP contribution in [-0.2, 0) is 16.1 Å². The molecule has 2 aromatic carbocycles. The van der Waals surface area contributed by atoms with Crippen LogP contribution in [0.15, 0.2) is 42.5 Å². The van der Waals surface area contributed by atoms with E-state index in [4.69, 9.17) is 18.9 Å². The third kappa shape index (κ3) is 6.41. The summed E-state index contributed by atoms with van der Waals surface area (Å²) in [6.07, 6.45) is -0.892. The largest absolute Gasteiger partial charge is 0.493 e. The fraction of sp³-hybridized carbons (Fsp3) is 0.364. The highest BCUT2D eigenvalue weighted by molar-refractivity contribution is 5.92. The quantitative estimate of drug-likeness (QED) is 0.649. The predicted octanol–water partition coefficient (Wildman–Crippen LogP) is 3.35. The lowest BCUT2D eigenvalue weighted by atomic mass is 10.2. The standard InChI is InChI=1S/C22H27NO6/c1-14(2)28-18-9-7-17(8-10-18)22(25)29-15(3)21(24)23-13-16-6-11-19(26-4)20(12-16)27-5/h6-12,14-15H,13H2,1-5H3,(H,23,24)/t15-/m0/s1. The van der Waals surface area contributed by atoms with E-state index >= 15 is 0 Å². The minimum absolute atomic E-state index is 0.0437. The van der Waals surface area contributed by atoms with E-state index in [1.54, 1.807) is 50.6 Å². The first-order valence-electron chi connectivity index (χ1n) is 9.30. The van der Waals surface area contributed by atoms with Gasteiger partial charge in [0.2, 0.25) is 0 Å². The van der Waals surface area contributed by atoms with Crippen molar-refractivity contribution >= 4 is 11.9 Å². The average Bonchev–Trinajstić information content (AvgIpc) is 2.71. The summed E-state index contributed by atoms with van der Waals surface area (Å²) >= 11 is 0. The maximum Gasteiger partial charge on any atom is 0.338 e. The van der Waals surface area contributed by atoms with Crippen LogP contribution in [0.25, 0.3) is 0 Å². The molecule has 0 aromatic heterocycles. The number of amides is 1. The van der Waals surface area contributed by atoms with Gasteiger partial charge in [-0.3, -0.25) is 4.79 Å². The van der Waals surface area contributed by atoms with Gasteiger partial charge in [-0.15, -0.1) is 0 Å². The number of ether oxygens (including phenoxy) is 4. The molecule has 1 N–H and O–H groups in total. The summed E-state index contributed by atoms with van der Waals surface area (Å²) in [6, 6.07) is 11.9. The molecule has 156 valence electrons. The molecule has 2 rings (SSSR count). The second kappa shape index (κ2) is 10.4. The molecule has 2 aromatic rings. The second-order valence-corrected chi connectivity index (χ2v) is 6.65. The lowest BCUT2D eigenvalue weighted by Gasteiger charge is -2.15. The Morgan fingerprint density at radius 3 is 2.17 bits per heavy atom. The normalized spacial score (nSPS) is 11.5. The topological polar surface area (TPSA) is 83.1 Å². The Balaban J connectivity index is 1.89. The summed E-state index contributed by atoms with van der Waals surface area (Å²) in [5.74, 6) is 0.873. The van der Waals surface area contributed by atoms with Gasteiger partial charge in [-0.1, -0.05) is 6.07 Å². The number of hydrogen-bond acceptors (Lipinski definition) is 6. The maximum atomic E-state index is 12.3. The first-order valence-corrected chi connectivity index (χ1v) is 9.30. The Morgan fingerprint density at radius 2 is 1.59 bits per heavy atom. The molecule has 0 fully saturated rings. The monoisotopic (exact) mass is 401 g/mol. The smallest absolute Gasteiger partial charge is 0.338 e. The molecule has 1 atom stereocenters. The van der Waals surface area contributed by atoms with Gasteiger partial charge in [-0.2, -0.15) is 0 Å². The van der Waals surface area contributed by atoms with Gasteiger partial charge in [0.15, 0.2) is 17.6 Å². The number of carbonyl (C=O) groups excluding carboxylic acids is 2. The van der Waals surface area contributed by atoms with Gasteiger partial charge >= 0.3 is 5.97 Å². The first-order chi connectivity index (χ1) is 13.8. The van der Waals surface area contributed by atoms with Crippen molar-refractivity contribution in [2.24, 2.45) is 0 Å². The number of benzene rings is 2. The van der Waals surface area contributed by atoms with Crippen LogP contribution in [0.1, 0.15) is 36.7 Å². The zero-order valence-corrected chi connectivity index (χ0v) is 17.4. The van der Waals surface area contributed by atoms with E-state index in [9.17, 15) is 9.59 Å². The molecule has 1 amide bonds. The van der Waals surface area contributed by atoms with Crippen LogP contribution in [0.4, 0.5) is 0 Å².